The molecule has 3 rings (SSSR count). The van der Waals surface area contributed by atoms with E-state index in [2.05, 4.69) is 0 Å². The summed E-state index contributed by atoms with van der Waals surface area (Å²) >= 11 is 0. The third-order valence-electron chi connectivity index (χ3n) is 3.76. The van der Waals surface area contributed by atoms with Crippen LogP contribution in [0, 0.1) is 17.0 Å². The van der Waals surface area contributed by atoms with Crippen molar-refractivity contribution in [1.29, 1.82) is 0 Å². The largest absolute Gasteiger partial charge is 0.331 e. The standard InChI is InChI=1S/C17H15N3O2/c1-12-16(13-8-10-15(11-9-13)20(21)22)18-17(19(12)2)14-6-4-3-5-7-14/h3-11H,1-2H3. The van der Waals surface area contributed by atoms with Crippen molar-refractivity contribution in [1.82, 2.24) is 9.55 Å². The molecule has 0 bridgehead atoms. The molecule has 0 atom stereocenters. The molecule has 0 unspecified atom stereocenters. The first-order valence-electron chi connectivity index (χ1n) is 6.91. The van der Waals surface area contributed by atoms with E-state index in [-0.39, 0.29) is 5.69 Å². The minimum absolute atomic E-state index is 0.0839. The first-order valence-corrected chi connectivity index (χ1v) is 6.91. The van der Waals surface area contributed by atoms with Gasteiger partial charge in [-0.05, 0) is 19.1 Å². The van der Waals surface area contributed by atoms with E-state index in [0.717, 1.165) is 28.3 Å². The summed E-state index contributed by atoms with van der Waals surface area (Å²) in [4.78, 5) is 15.1. The number of nitro benzene ring substituents is 1. The molecule has 0 saturated heterocycles. The van der Waals surface area contributed by atoms with E-state index in [0.29, 0.717) is 0 Å². The molecule has 110 valence electrons. The van der Waals surface area contributed by atoms with Gasteiger partial charge in [0.2, 0.25) is 0 Å². The van der Waals surface area contributed by atoms with E-state index in [1.807, 2.05) is 48.9 Å². The maximum absolute atomic E-state index is 10.7. The van der Waals surface area contributed by atoms with Gasteiger partial charge in [-0.2, -0.15) is 0 Å². The minimum atomic E-state index is -0.398. The zero-order valence-corrected chi connectivity index (χ0v) is 12.4. The molecule has 0 aliphatic rings. The Morgan fingerprint density at radius 1 is 1.00 bits per heavy atom. The van der Waals surface area contributed by atoms with Crippen molar-refractivity contribution in [3.63, 3.8) is 0 Å². The van der Waals surface area contributed by atoms with E-state index in [1.54, 1.807) is 12.1 Å². The fourth-order valence-electron chi connectivity index (χ4n) is 2.44. The van der Waals surface area contributed by atoms with Crippen molar-refractivity contribution >= 4 is 5.69 Å². The molecule has 3 aromatic rings. The van der Waals surface area contributed by atoms with Crippen molar-refractivity contribution in [3.05, 3.63) is 70.4 Å². The smallest absolute Gasteiger partial charge is 0.269 e. The Balaban J connectivity index is 2.07. The van der Waals surface area contributed by atoms with Gasteiger partial charge in [0.25, 0.3) is 5.69 Å². The van der Waals surface area contributed by atoms with Gasteiger partial charge in [0.1, 0.15) is 5.82 Å². The third-order valence-corrected chi connectivity index (χ3v) is 3.76. The van der Waals surface area contributed by atoms with E-state index >= 15 is 0 Å². The van der Waals surface area contributed by atoms with Crippen LogP contribution in [0.1, 0.15) is 5.69 Å². The first kappa shape index (κ1) is 14.0. The summed E-state index contributed by atoms with van der Waals surface area (Å²) in [6, 6.07) is 16.4. The van der Waals surface area contributed by atoms with Crippen LogP contribution in [0.4, 0.5) is 5.69 Å². The Bertz CT molecular complexity index is 821. The monoisotopic (exact) mass is 293 g/mol. The topological polar surface area (TPSA) is 61.0 Å². The van der Waals surface area contributed by atoms with Gasteiger partial charge >= 0.3 is 0 Å². The summed E-state index contributed by atoms with van der Waals surface area (Å²) in [6.07, 6.45) is 0. The van der Waals surface area contributed by atoms with Crippen LogP contribution >= 0.6 is 0 Å². The van der Waals surface area contributed by atoms with Crippen molar-refractivity contribution in [2.45, 2.75) is 6.92 Å². The van der Waals surface area contributed by atoms with Crippen LogP contribution in [0.25, 0.3) is 22.6 Å². The van der Waals surface area contributed by atoms with Crippen LogP contribution < -0.4 is 0 Å². The minimum Gasteiger partial charge on any atom is -0.331 e. The van der Waals surface area contributed by atoms with E-state index in [1.165, 1.54) is 12.1 Å². The number of non-ortho nitro benzene ring substituents is 1. The van der Waals surface area contributed by atoms with Gasteiger partial charge in [0, 0.05) is 36.0 Å². The zero-order chi connectivity index (χ0) is 15.7. The molecule has 1 heterocycles. The number of hydrogen-bond acceptors (Lipinski definition) is 3. The van der Waals surface area contributed by atoms with Crippen molar-refractivity contribution in [2.75, 3.05) is 0 Å². The highest BCUT2D eigenvalue weighted by Gasteiger charge is 2.15. The van der Waals surface area contributed by atoms with E-state index < -0.39 is 4.92 Å². The Labute approximate surface area is 128 Å². The Hall–Kier alpha value is -2.95. The molecule has 5 nitrogen and oxygen atoms in total. The fourth-order valence-corrected chi connectivity index (χ4v) is 2.44. The summed E-state index contributed by atoms with van der Waals surface area (Å²) in [6.45, 7) is 2.00. The summed E-state index contributed by atoms with van der Waals surface area (Å²) in [5, 5.41) is 10.7. The average Bonchev–Trinajstić information content (AvgIpc) is 2.84. The number of imidazole rings is 1. The van der Waals surface area contributed by atoms with E-state index in [4.69, 9.17) is 4.98 Å². The molecule has 0 radical (unpaired) electrons. The molecule has 2 aromatic carbocycles. The maximum Gasteiger partial charge on any atom is 0.269 e. The number of nitro groups is 1. The SMILES string of the molecule is Cc1c(-c2ccc([N+](=O)[O-])cc2)nc(-c2ccccc2)n1C. The molecule has 0 spiro atoms. The maximum atomic E-state index is 10.7. The van der Waals surface area contributed by atoms with Crippen molar-refractivity contribution in [2.24, 2.45) is 7.05 Å². The van der Waals surface area contributed by atoms with E-state index in [9.17, 15) is 10.1 Å². The fraction of sp³-hybridized carbons (Fsp3) is 0.118. The highest BCUT2D eigenvalue weighted by atomic mass is 16.6. The molecular weight excluding hydrogens is 278 g/mol. The van der Waals surface area contributed by atoms with Gasteiger partial charge in [-0.1, -0.05) is 30.3 Å². The Morgan fingerprint density at radius 2 is 1.64 bits per heavy atom. The molecule has 0 N–H and O–H groups in total. The Morgan fingerprint density at radius 3 is 2.23 bits per heavy atom. The lowest BCUT2D eigenvalue weighted by atomic mass is 10.1. The summed E-state index contributed by atoms with van der Waals surface area (Å²) in [5.41, 5.74) is 3.87. The lowest BCUT2D eigenvalue weighted by Gasteiger charge is -2.02. The lowest BCUT2D eigenvalue weighted by Crippen LogP contribution is -1.94. The number of rotatable bonds is 3. The average molecular weight is 293 g/mol. The molecule has 0 aliphatic carbocycles. The van der Waals surface area contributed by atoms with Gasteiger partial charge in [0.15, 0.2) is 0 Å². The van der Waals surface area contributed by atoms with Gasteiger partial charge in [0.05, 0.1) is 10.6 Å². The lowest BCUT2D eigenvalue weighted by molar-refractivity contribution is -0.384. The van der Waals surface area contributed by atoms with Crippen LogP contribution in [0.15, 0.2) is 54.6 Å². The van der Waals surface area contributed by atoms with Crippen molar-refractivity contribution < 1.29 is 4.92 Å². The normalized spacial score (nSPS) is 10.6. The third kappa shape index (κ3) is 2.37. The molecule has 0 amide bonds. The molecular formula is C17H15N3O2. The van der Waals surface area contributed by atoms with Crippen LogP contribution in [0.5, 0.6) is 0 Å². The zero-order valence-electron chi connectivity index (χ0n) is 12.4. The number of nitrogens with zero attached hydrogens (tertiary/aromatic N) is 3. The van der Waals surface area contributed by atoms with Gasteiger partial charge in [-0.3, -0.25) is 10.1 Å². The molecule has 0 saturated carbocycles. The van der Waals surface area contributed by atoms with Crippen LogP contribution in [-0.4, -0.2) is 14.5 Å². The highest BCUT2D eigenvalue weighted by Crippen LogP contribution is 2.29. The molecule has 0 fully saturated rings. The quantitative estimate of drug-likeness (QED) is 0.542. The Kier molecular flexibility index (Phi) is 3.47. The van der Waals surface area contributed by atoms with Gasteiger partial charge < -0.3 is 4.57 Å². The van der Waals surface area contributed by atoms with Crippen molar-refractivity contribution in [3.8, 4) is 22.6 Å². The van der Waals surface area contributed by atoms with Crippen LogP contribution in [0.3, 0.4) is 0 Å². The summed E-state index contributed by atoms with van der Waals surface area (Å²) < 4.78 is 2.03. The predicted molar refractivity (Wildman–Crippen MR) is 85.5 cm³/mol. The molecule has 5 heteroatoms. The number of hydrogen-bond donors (Lipinski definition) is 0. The van der Waals surface area contributed by atoms with Gasteiger partial charge in [-0.15, -0.1) is 0 Å². The second-order valence-electron chi connectivity index (χ2n) is 5.10. The summed E-state index contributed by atoms with van der Waals surface area (Å²) in [5.74, 6) is 0.881. The molecule has 0 aliphatic heterocycles. The van der Waals surface area contributed by atoms with Crippen LogP contribution in [0.2, 0.25) is 0 Å². The second kappa shape index (κ2) is 5.44. The number of aromatic nitrogens is 2. The highest BCUT2D eigenvalue weighted by molar-refractivity contribution is 5.68. The predicted octanol–water partition coefficient (Wildman–Crippen LogP) is 3.97. The summed E-state index contributed by atoms with van der Waals surface area (Å²) in [7, 11) is 1.97. The van der Waals surface area contributed by atoms with Crippen LogP contribution in [-0.2, 0) is 7.05 Å². The second-order valence-corrected chi connectivity index (χ2v) is 5.10. The number of benzene rings is 2. The first-order chi connectivity index (χ1) is 10.6. The van der Waals surface area contributed by atoms with Gasteiger partial charge in [-0.25, -0.2) is 4.98 Å². The molecule has 22 heavy (non-hydrogen) atoms. The molecule has 1 aromatic heterocycles.